The van der Waals surface area contributed by atoms with E-state index < -0.39 is 0 Å². The average Bonchev–Trinajstić information content (AvgIpc) is 3.57. The molecule has 2 heterocycles. The fourth-order valence-electron chi connectivity index (χ4n) is 8.01. The fourth-order valence-corrected chi connectivity index (χ4v) is 8.01. The molecule has 37 heavy (non-hydrogen) atoms. The predicted molar refractivity (Wildman–Crippen MR) is 156 cm³/mol. The third-order valence-electron chi connectivity index (χ3n) is 9.72. The van der Waals surface area contributed by atoms with Crippen molar-refractivity contribution in [2.24, 2.45) is 0 Å². The number of hydrogen-bond acceptors (Lipinski definition) is 0. The van der Waals surface area contributed by atoms with Gasteiger partial charge in [0, 0.05) is 32.4 Å². The first-order chi connectivity index (χ1) is 17.9. The smallest absolute Gasteiger partial charge is 0.0627 e. The Labute approximate surface area is 216 Å². The van der Waals surface area contributed by atoms with Crippen LogP contribution in [-0.2, 0) is 10.8 Å². The SMILES string of the molecule is CC1(C)c2ccccc2-c2c1ccc1c2c2c3c(cc4c5ccccc5n1c42)C(C)(C)c1ccccc1-3. The van der Waals surface area contributed by atoms with Crippen LogP contribution in [0.5, 0.6) is 0 Å². The first-order valence-corrected chi connectivity index (χ1v) is 13.4. The van der Waals surface area contributed by atoms with Gasteiger partial charge in [0.1, 0.15) is 0 Å². The molecule has 9 rings (SSSR count). The maximum absolute atomic E-state index is 2.55. The molecule has 0 saturated carbocycles. The average molecular weight is 474 g/mol. The highest BCUT2D eigenvalue weighted by atomic mass is 14.9. The molecule has 0 amide bonds. The van der Waals surface area contributed by atoms with Gasteiger partial charge < -0.3 is 4.40 Å². The number of benzene rings is 5. The lowest BCUT2D eigenvalue weighted by Crippen LogP contribution is -2.14. The second-order valence-electron chi connectivity index (χ2n) is 12.1. The zero-order valence-electron chi connectivity index (χ0n) is 21.6. The van der Waals surface area contributed by atoms with Gasteiger partial charge in [-0.3, -0.25) is 0 Å². The molecule has 2 aromatic heterocycles. The van der Waals surface area contributed by atoms with Crippen LogP contribution >= 0.6 is 0 Å². The summed E-state index contributed by atoms with van der Waals surface area (Å²) in [5, 5.41) is 5.58. The van der Waals surface area contributed by atoms with Crippen LogP contribution < -0.4 is 0 Å². The van der Waals surface area contributed by atoms with Crippen molar-refractivity contribution in [3.8, 4) is 22.3 Å². The van der Waals surface area contributed by atoms with E-state index in [1.54, 1.807) is 0 Å². The van der Waals surface area contributed by atoms with Crippen LogP contribution in [0.15, 0.2) is 91.0 Å². The molecule has 0 spiro atoms. The molecule has 0 aliphatic heterocycles. The van der Waals surface area contributed by atoms with E-state index in [0.29, 0.717) is 0 Å². The monoisotopic (exact) mass is 473 g/mol. The zero-order chi connectivity index (χ0) is 24.8. The molecule has 0 radical (unpaired) electrons. The summed E-state index contributed by atoms with van der Waals surface area (Å²) in [6, 6.07) is 34.4. The highest BCUT2D eigenvalue weighted by Gasteiger charge is 2.41. The Balaban J connectivity index is 1.64. The van der Waals surface area contributed by atoms with Crippen molar-refractivity contribution >= 4 is 38.1 Å². The van der Waals surface area contributed by atoms with Crippen molar-refractivity contribution < 1.29 is 0 Å². The van der Waals surface area contributed by atoms with E-state index in [0.717, 1.165) is 0 Å². The van der Waals surface area contributed by atoms with Crippen LogP contribution in [-0.4, -0.2) is 4.40 Å². The molecule has 0 atom stereocenters. The van der Waals surface area contributed by atoms with Gasteiger partial charge >= 0.3 is 0 Å². The zero-order valence-corrected chi connectivity index (χ0v) is 21.6. The van der Waals surface area contributed by atoms with E-state index in [1.807, 2.05) is 0 Å². The molecular weight excluding hydrogens is 446 g/mol. The number of nitrogens with zero attached hydrogens (tertiary/aromatic N) is 1. The molecule has 2 aliphatic rings. The number of fused-ring (bicyclic) bond motifs is 14. The second kappa shape index (κ2) is 6.06. The molecule has 2 aliphatic carbocycles. The van der Waals surface area contributed by atoms with Crippen molar-refractivity contribution in [3.05, 3.63) is 113 Å². The Bertz CT molecular complexity index is 2130. The van der Waals surface area contributed by atoms with Crippen molar-refractivity contribution in [1.82, 2.24) is 4.40 Å². The first-order valence-electron chi connectivity index (χ1n) is 13.4. The topological polar surface area (TPSA) is 4.41 Å². The lowest BCUT2D eigenvalue weighted by atomic mass is 9.81. The van der Waals surface area contributed by atoms with E-state index in [1.165, 1.54) is 82.6 Å². The fraction of sp³-hybridized carbons (Fsp3) is 0.167. The predicted octanol–water partition coefficient (Wildman–Crippen LogP) is 9.45. The van der Waals surface area contributed by atoms with Gasteiger partial charge in [0.25, 0.3) is 0 Å². The second-order valence-corrected chi connectivity index (χ2v) is 12.1. The Morgan fingerprint density at radius 3 is 1.81 bits per heavy atom. The molecule has 0 N–H and O–H groups in total. The van der Waals surface area contributed by atoms with Gasteiger partial charge in [0.05, 0.1) is 16.6 Å². The van der Waals surface area contributed by atoms with Crippen LogP contribution in [0.3, 0.4) is 0 Å². The van der Waals surface area contributed by atoms with E-state index in [2.05, 4.69) is 123 Å². The molecule has 0 saturated heterocycles. The lowest BCUT2D eigenvalue weighted by Gasteiger charge is -2.22. The Hall–Kier alpha value is -4.10. The van der Waals surface area contributed by atoms with Gasteiger partial charge in [0.2, 0.25) is 0 Å². The minimum absolute atomic E-state index is 0.0193. The summed E-state index contributed by atoms with van der Waals surface area (Å²) in [7, 11) is 0. The third-order valence-corrected chi connectivity index (χ3v) is 9.72. The van der Waals surface area contributed by atoms with Gasteiger partial charge in [-0.05, 0) is 62.7 Å². The molecule has 0 bridgehead atoms. The highest BCUT2D eigenvalue weighted by Crippen LogP contribution is 2.59. The number of rotatable bonds is 0. The minimum Gasteiger partial charge on any atom is -0.308 e. The molecule has 5 aromatic carbocycles. The minimum atomic E-state index is -0.0439. The van der Waals surface area contributed by atoms with Gasteiger partial charge in [-0.1, -0.05) is 100 Å². The summed E-state index contributed by atoms with van der Waals surface area (Å²) in [6.07, 6.45) is 0. The van der Waals surface area contributed by atoms with Crippen LogP contribution in [0.1, 0.15) is 49.9 Å². The van der Waals surface area contributed by atoms with E-state index >= 15 is 0 Å². The van der Waals surface area contributed by atoms with Crippen LogP contribution in [0.25, 0.3) is 60.3 Å². The molecule has 176 valence electrons. The molecule has 7 aromatic rings. The quantitative estimate of drug-likeness (QED) is 0.207. The standard InChI is InChI=1S/C36H27N/c1-35(2)24-14-8-5-12-21(24)30-26(35)17-18-29-32(30)33-31-22-13-6-9-15-25(22)36(3,4)27(31)19-23-20-11-7-10-16-28(20)37(29)34(23)33/h5-19H,1-4H3. The van der Waals surface area contributed by atoms with Crippen molar-refractivity contribution in [3.63, 3.8) is 0 Å². The largest absolute Gasteiger partial charge is 0.308 e. The Morgan fingerprint density at radius 2 is 1.08 bits per heavy atom. The molecule has 1 heteroatoms. The number of para-hydroxylation sites is 1. The van der Waals surface area contributed by atoms with Gasteiger partial charge in [-0.15, -0.1) is 0 Å². The summed E-state index contributed by atoms with van der Waals surface area (Å²) in [5.74, 6) is 0. The third kappa shape index (κ3) is 2.05. The lowest BCUT2D eigenvalue weighted by molar-refractivity contribution is 0.661. The summed E-state index contributed by atoms with van der Waals surface area (Å²) in [6.45, 7) is 9.58. The van der Waals surface area contributed by atoms with Crippen molar-refractivity contribution in [2.75, 3.05) is 0 Å². The van der Waals surface area contributed by atoms with Crippen molar-refractivity contribution in [1.29, 1.82) is 0 Å². The summed E-state index contributed by atoms with van der Waals surface area (Å²) < 4.78 is 2.55. The van der Waals surface area contributed by atoms with Crippen LogP contribution in [0.2, 0.25) is 0 Å². The number of hydrogen-bond donors (Lipinski definition) is 0. The van der Waals surface area contributed by atoms with E-state index in [4.69, 9.17) is 0 Å². The van der Waals surface area contributed by atoms with E-state index in [9.17, 15) is 0 Å². The maximum atomic E-state index is 2.55. The molecular formula is C36H27N. The maximum Gasteiger partial charge on any atom is 0.0627 e. The Morgan fingerprint density at radius 1 is 0.486 bits per heavy atom. The van der Waals surface area contributed by atoms with Crippen LogP contribution in [0.4, 0.5) is 0 Å². The summed E-state index contributed by atoms with van der Waals surface area (Å²) >= 11 is 0. The molecule has 1 nitrogen and oxygen atoms in total. The van der Waals surface area contributed by atoms with Crippen LogP contribution in [0, 0.1) is 0 Å². The van der Waals surface area contributed by atoms with Gasteiger partial charge in [-0.2, -0.15) is 0 Å². The van der Waals surface area contributed by atoms with E-state index in [-0.39, 0.29) is 10.8 Å². The number of aromatic nitrogens is 1. The van der Waals surface area contributed by atoms with Crippen molar-refractivity contribution in [2.45, 2.75) is 38.5 Å². The molecule has 0 fully saturated rings. The Kier molecular flexibility index (Phi) is 3.28. The summed E-state index contributed by atoms with van der Waals surface area (Å²) in [5.41, 5.74) is 15.4. The normalized spacial score (nSPS) is 16.5. The van der Waals surface area contributed by atoms with Gasteiger partial charge in [0.15, 0.2) is 0 Å². The highest BCUT2D eigenvalue weighted by molar-refractivity contribution is 6.31. The first kappa shape index (κ1) is 20.0. The summed E-state index contributed by atoms with van der Waals surface area (Å²) in [4.78, 5) is 0. The van der Waals surface area contributed by atoms with Gasteiger partial charge in [-0.25, -0.2) is 0 Å². The molecule has 0 unspecified atom stereocenters.